The van der Waals surface area contributed by atoms with E-state index in [4.69, 9.17) is 4.74 Å². The first kappa shape index (κ1) is 12.7. The van der Waals surface area contributed by atoms with Crippen LogP contribution in [-0.4, -0.2) is 13.1 Å². The highest BCUT2D eigenvalue weighted by Crippen LogP contribution is 2.32. The summed E-state index contributed by atoms with van der Waals surface area (Å²) in [7, 11) is 1.41. The lowest BCUT2D eigenvalue weighted by Gasteiger charge is -2.12. The lowest BCUT2D eigenvalue weighted by Crippen LogP contribution is -2.01. The second-order valence-corrected chi connectivity index (χ2v) is 5.05. The van der Waals surface area contributed by atoms with Crippen molar-refractivity contribution < 1.29 is 9.53 Å². The van der Waals surface area contributed by atoms with Crippen molar-refractivity contribution in [2.24, 2.45) is 0 Å². The van der Waals surface area contributed by atoms with E-state index in [1.165, 1.54) is 34.4 Å². The summed E-state index contributed by atoms with van der Waals surface area (Å²) in [5.74, 6) is -0.294. The van der Waals surface area contributed by atoms with Gasteiger partial charge in [-0.25, -0.2) is 4.79 Å². The fourth-order valence-electron chi connectivity index (χ4n) is 2.85. The molecule has 100 valence electrons. The molecule has 0 atom stereocenters. The number of ether oxygens (including phenoxy) is 1. The van der Waals surface area contributed by atoms with Crippen LogP contribution in [0.4, 0.5) is 0 Å². The standard InChI is InChI=1S/C18H16O2/c1-11-14-6-4-5-7-15(14)12(2)17-10-13(18(19)20-3)8-9-16(11)17/h4-10H,1-3H3. The molecule has 20 heavy (non-hydrogen) atoms. The van der Waals surface area contributed by atoms with Gasteiger partial charge in [0.2, 0.25) is 0 Å². The van der Waals surface area contributed by atoms with Crippen LogP contribution in [0.3, 0.4) is 0 Å². The number of methoxy groups -OCH3 is 1. The zero-order chi connectivity index (χ0) is 14.3. The van der Waals surface area contributed by atoms with Gasteiger partial charge in [-0.2, -0.15) is 0 Å². The molecule has 3 aromatic carbocycles. The number of aryl methyl sites for hydroxylation is 2. The van der Waals surface area contributed by atoms with Gasteiger partial charge in [-0.05, 0) is 58.7 Å². The van der Waals surface area contributed by atoms with E-state index in [1.54, 1.807) is 0 Å². The quantitative estimate of drug-likeness (QED) is 0.481. The summed E-state index contributed by atoms with van der Waals surface area (Å²) in [5, 5.41) is 4.81. The van der Waals surface area contributed by atoms with Crippen molar-refractivity contribution in [3.8, 4) is 0 Å². The Morgan fingerprint density at radius 1 is 0.850 bits per heavy atom. The molecule has 0 aliphatic heterocycles. The smallest absolute Gasteiger partial charge is 0.337 e. The van der Waals surface area contributed by atoms with E-state index in [0.29, 0.717) is 5.56 Å². The highest BCUT2D eigenvalue weighted by Gasteiger charge is 2.11. The average Bonchev–Trinajstić information content (AvgIpc) is 2.51. The molecule has 0 aliphatic rings. The molecule has 0 fully saturated rings. The third kappa shape index (κ3) is 1.76. The van der Waals surface area contributed by atoms with Crippen LogP contribution < -0.4 is 0 Å². The van der Waals surface area contributed by atoms with Gasteiger partial charge in [0.1, 0.15) is 0 Å². The minimum atomic E-state index is -0.294. The maximum Gasteiger partial charge on any atom is 0.337 e. The lowest BCUT2D eigenvalue weighted by atomic mass is 9.92. The van der Waals surface area contributed by atoms with Gasteiger partial charge in [-0.1, -0.05) is 30.3 Å². The Balaban J connectivity index is 2.44. The zero-order valence-electron chi connectivity index (χ0n) is 11.9. The summed E-state index contributed by atoms with van der Waals surface area (Å²) >= 11 is 0. The molecule has 0 saturated carbocycles. The van der Waals surface area contributed by atoms with Crippen LogP contribution in [0.2, 0.25) is 0 Å². The van der Waals surface area contributed by atoms with Crippen LogP contribution in [0.15, 0.2) is 42.5 Å². The van der Waals surface area contributed by atoms with E-state index in [0.717, 1.165) is 5.39 Å². The minimum absolute atomic E-state index is 0.294. The van der Waals surface area contributed by atoms with Crippen molar-refractivity contribution in [1.29, 1.82) is 0 Å². The predicted molar refractivity (Wildman–Crippen MR) is 82.3 cm³/mol. The lowest BCUT2D eigenvalue weighted by molar-refractivity contribution is 0.0601. The van der Waals surface area contributed by atoms with Crippen LogP contribution in [-0.2, 0) is 4.74 Å². The van der Waals surface area contributed by atoms with Crippen LogP contribution >= 0.6 is 0 Å². The number of rotatable bonds is 1. The first-order valence-corrected chi connectivity index (χ1v) is 6.63. The maximum absolute atomic E-state index is 11.7. The van der Waals surface area contributed by atoms with Gasteiger partial charge in [-0.15, -0.1) is 0 Å². The number of carbonyl (C=O) groups is 1. The van der Waals surface area contributed by atoms with Gasteiger partial charge in [0.25, 0.3) is 0 Å². The Morgan fingerprint density at radius 2 is 1.40 bits per heavy atom. The Morgan fingerprint density at radius 3 is 2.00 bits per heavy atom. The SMILES string of the molecule is COC(=O)c1ccc2c(C)c3ccccc3c(C)c2c1. The van der Waals surface area contributed by atoms with E-state index < -0.39 is 0 Å². The van der Waals surface area contributed by atoms with Gasteiger partial charge >= 0.3 is 5.97 Å². The van der Waals surface area contributed by atoms with Gasteiger partial charge in [0.15, 0.2) is 0 Å². The number of fused-ring (bicyclic) bond motifs is 2. The molecule has 0 N–H and O–H groups in total. The average molecular weight is 264 g/mol. The summed E-state index contributed by atoms with van der Waals surface area (Å²) in [5.41, 5.74) is 3.04. The molecule has 3 rings (SSSR count). The Bertz CT molecular complexity index is 832. The number of carbonyl (C=O) groups excluding carboxylic acids is 1. The van der Waals surface area contributed by atoms with Crippen molar-refractivity contribution in [3.05, 3.63) is 59.2 Å². The molecule has 0 radical (unpaired) electrons. The molecule has 0 bridgehead atoms. The summed E-state index contributed by atoms with van der Waals surface area (Å²) in [6.45, 7) is 4.23. The van der Waals surface area contributed by atoms with Crippen molar-refractivity contribution in [1.82, 2.24) is 0 Å². The highest BCUT2D eigenvalue weighted by molar-refractivity contribution is 6.07. The second-order valence-electron chi connectivity index (χ2n) is 5.05. The molecule has 0 saturated heterocycles. The minimum Gasteiger partial charge on any atom is -0.465 e. The predicted octanol–water partition coefficient (Wildman–Crippen LogP) is 4.40. The normalized spacial score (nSPS) is 10.9. The third-order valence-electron chi connectivity index (χ3n) is 3.98. The van der Waals surface area contributed by atoms with Crippen molar-refractivity contribution in [3.63, 3.8) is 0 Å². The number of esters is 1. The van der Waals surface area contributed by atoms with Crippen molar-refractivity contribution in [2.75, 3.05) is 7.11 Å². The summed E-state index contributed by atoms with van der Waals surface area (Å²) in [4.78, 5) is 11.7. The largest absolute Gasteiger partial charge is 0.465 e. The monoisotopic (exact) mass is 264 g/mol. The van der Waals surface area contributed by atoms with Gasteiger partial charge < -0.3 is 4.74 Å². The molecule has 0 spiro atoms. The van der Waals surface area contributed by atoms with E-state index in [-0.39, 0.29) is 5.97 Å². The number of hydrogen-bond donors (Lipinski definition) is 0. The van der Waals surface area contributed by atoms with Gasteiger partial charge in [-0.3, -0.25) is 0 Å². The molecule has 3 aromatic rings. The van der Waals surface area contributed by atoms with Crippen LogP contribution in [0, 0.1) is 13.8 Å². The molecular formula is C18H16O2. The van der Waals surface area contributed by atoms with Crippen molar-refractivity contribution >= 4 is 27.5 Å². The second kappa shape index (κ2) is 4.64. The number of benzene rings is 3. The Kier molecular flexibility index (Phi) is 2.94. The third-order valence-corrected chi connectivity index (χ3v) is 3.98. The van der Waals surface area contributed by atoms with E-state index in [1.807, 2.05) is 24.3 Å². The summed E-state index contributed by atoms with van der Waals surface area (Å²) < 4.78 is 4.80. The molecule has 0 aromatic heterocycles. The van der Waals surface area contributed by atoms with E-state index >= 15 is 0 Å². The van der Waals surface area contributed by atoms with Crippen molar-refractivity contribution in [2.45, 2.75) is 13.8 Å². The van der Waals surface area contributed by atoms with Crippen LogP contribution in [0.25, 0.3) is 21.5 Å². The van der Waals surface area contributed by atoms with Gasteiger partial charge in [0, 0.05) is 0 Å². The maximum atomic E-state index is 11.7. The van der Waals surface area contributed by atoms with Crippen LogP contribution in [0.5, 0.6) is 0 Å². The first-order chi connectivity index (χ1) is 9.63. The molecule has 2 nitrogen and oxygen atoms in total. The summed E-state index contributed by atoms with van der Waals surface area (Å²) in [6.07, 6.45) is 0. The topological polar surface area (TPSA) is 26.3 Å². The first-order valence-electron chi connectivity index (χ1n) is 6.63. The zero-order valence-corrected chi connectivity index (χ0v) is 11.9. The fourth-order valence-corrected chi connectivity index (χ4v) is 2.85. The number of hydrogen-bond acceptors (Lipinski definition) is 2. The van der Waals surface area contributed by atoms with E-state index in [2.05, 4.69) is 32.0 Å². The molecular weight excluding hydrogens is 248 g/mol. The molecule has 2 heteroatoms. The van der Waals surface area contributed by atoms with Crippen LogP contribution in [0.1, 0.15) is 21.5 Å². The molecule has 0 unspecified atom stereocenters. The van der Waals surface area contributed by atoms with Gasteiger partial charge in [0.05, 0.1) is 12.7 Å². The molecule has 0 heterocycles. The Hall–Kier alpha value is -2.35. The molecule has 0 amide bonds. The fraction of sp³-hybridized carbons (Fsp3) is 0.167. The highest BCUT2D eigenvalue weighted by atomic mass is 16.5. The molecule has 0 aliphatic carbocycles. The summed E-state index contributed by atoms with van der Waals surface area (Å²) in [6, 6.07) is 14.1. The Labute approximate surface area is 118 Å². The van der Waals surface area contributed by atoms with E-state index in [9.17, 15) is 4.79 Å².